The van der Waals surface area contributed by atoms with E-state index in [0.717, 1.165) is 10.6 Å². The molecular formula is C18H12ClN3O2S. The fourth-order valence-corrected chi connectivity index (χ4v) is 3.35. The lowest BCUT2D eigenvalue weighted by atomic mass is 10.2. The summed E-state index contributed by atoms with van der Waals surface area (Å²) in [5.74, 6) is 0.321. The Balaban J connectivity index is 1.55. The van der Waals surface area contributed by atoms with Gasteiger partial charge in [0.2, 0.25) is 0 Å². The van der Waals surface area contributed by atoms with Gasteiger partial charge in [0.1, 0.15) is 16.2 Å². The number of halogens is 1. The van der Waals surface area contributed by atoms with Gasteiger partial charge in [0, 0.05) is 28.6 Å². The molecule has 2 heterocycles. The monoisotopic (exact) mass is 369 g/mol. The van der Waals surface area contributed by atoms with Crippen LogP contribution in [0.4, 0.5) is 5.69 Å². The zero-order chi connectivity index (χ0) is 17.4. The Bertz CT molecular complexity index is 1070. The van der Waals surface area contributed by atoms with Gasteiger partial charge in [0.25, 0.3) is 5.91 Å². The number of carbonyl (C=O) groups is 1. The SMILES string of the molecule is Cc1nc2cc(NC(=O)c3csc(-c4ccc(Cl)cc4)n3)ccc2o1. The number of oxazole rings is 1. The summed E-state index contributed by atoms with van der Waals surface area (Å²) >= 11 is 7.31. The average molecular weight is 370 g/mol. The molecule has 4 rings (SSSR count). The van der Waals surface area contributed by atoms with E-state index in [2.05, 4.69) is 15.3 Å². The summed E-state index contributed by atoms with van der Waals surface area (Å²) < 4.78 is 5.43. The van der Waals surface area contributed by atoms with Crippen LogP contribution in [-0.4, -0.2) is 15.9 Å². The maximum Gasteiger partial charge on any atom is 0.275 e. The quantitative estimate of drug-likeness (QED) is 0.541. The first-order chi connectivity index (χ1) is 12.1. The topological polar surface area (TPSA) is 68.0 Å². The van der Waals surface area contributed by atoms with Gasteiger partial charge < -0.3 is 9.73 Å². The van der Waals surface area contributed by atoms with E-state index in [9.17, 15) is 4.79 Å². The van der Waals surface area contributed by atoms with Crippen LogP contribution in [0.2, 0.25) is 5.02 Å². The van der Waals surface area contributed by atoms with Gasteiger partial charge in [-0.25, -0.2) is 9.97 Å². The first-order valence-electron chi connectivity index (χ1n) is 7.48. The smallest absolute Gasteiger partial charge is 0.275 e. The Hall–Kier alpha value is -2.70. The van der Waals surface area contributed by atoms with E-state index < -0.39 is 0 Å². The van der Waals surface area contributed by atoms with Gasteiger partial charge in [-0.3, -0.25) is 4.79 Å². The molecule has 0 saturated heterocycles. The number of aryl methyl sites for hydroxylation is 1. The van der Waals surface area contributed by atoms with Gasteiger partial charge in [-0.1, -0.05) is 23.7 Å². The third-order valence-electron chi connectivity index (χ3n) is 3.58. The summed E-state index contributed by atoms with van der Waals surface area (Å²) in [5, 5.41) is 6.00. The molecule has 0 aliphatic rings. The molecule has 0 aliphatic heterocycles. The second-order valence-electron chi connectivity index (χ2n) is 5.41. The number of rotatable bonds is 3. The van der Waals surface area contributed by atoms with Crippen molar-refractivity contribution < 1.29 is 9.21 Å². The minimum atomic E-state index is -0.268. The second-order valence-corrected chi connectivity index (χ2v) is 6.71. The van der Waals surface area contributed by atoms with Crippen LogP contribution in [0.15, 0.2) is 52.3 Å². The molecule has 2 aromatic heterocycles. The molecule has 0 unspecified atom stereocenters. The highest BCUT2D eigenvalue weighted by atomic mass is 35.5. The largest absolute Gasteiger partial charge is 0.441 e. The summed E-state index contributed by atoms with van der Waals surface area (Å²) in [6.07, 6.45) is 0. The van der Waals surface area contributed by atoms with E-state index in [1.807, 2.05) is 12.1 Å². The number of nitrogens with one attached hydrogen (secondary N) is 1. The lowest BCUT2D eigenvalue weighted by molar-refractivity contribution is 0.102. The van der Waals surface area contributed by atoms with Crippen LogP contribution in [0.25, 0.3) is 21.7 Å². The van der Waals surface area contributed by atoms with Crippen molar-refractivity contribution in [2.75, 3.05) is 5.32 Å². The number of fused-ring (bicyclic) bond motifs is 1. The number of amides is 1. The van der Waals surface area contributed by atoms with Crippen LogP contribution >= 0.6 is 22.9 Å². The molecule has 1 N–H and O–H groups in total. The number of carbonyl (C=O) groups excluding carboxylic acids is 1. The zero-order valence-electron chi connectivity index (χ0n) is 13.1. The van der Waals surface area contributed by atoms with Crippen LogP contribution in [0.3, 0.4) is 0 Å². The minimum absolute atomic E-state index is 0.268. The van der Waals surface area contributed by atoms with Crippen molar-refractivity contribution in [3.05, 3.63) is 64.5 Å². The van der Waals surface area contributed by atoms with Gasteiger partial charge in [0.05, 0.1) is 0 Å². The third kappa shape index (κ3) is 3.26. The first kappa shape index (κ1) is 15.8. The van der Waals surface area contributed by atoms with Crippen LogP contribution in [0.5, 0.6) is 0 Å². The van der Waals surface area contributed by atoms with Crippen molar-refractivity contribution in [2.24, 2.45) is 0 Å². The number of anilines is 1. The lowest BCUT2D eigenvalue weighted by Crippen LogP contribution is -2.12. The van der Waals surface area contributed by atoms with Crippen LogP contribution < -0.4 is 5.32 Å². The number of hydrogen-bond donors (Lipinski definition) is 1. The maximum absolute atomic E-state index is 12.4. The van der Waals surface area contributed by atoms with Crippen molar-refractivity contribution in [3.8, 4) is 10.6 Å². The summed E-state index contributed by atoms with van der Waals surface area (Å²) in [7, 11) is 0. The molecule has 4 aromatic rings. The highest BCUT2D eigenvalue weighted by Gasteiger charge is 2.13. The lowest BCUT2D eigenvalue weighted by Gasteiger charge is -2.02. The number of aromatic nitrogens is 2. The molecule has 0 spiro atoms. The molecule has 5 nitrogen and oxygen atoms in total. The molecule has 0 fully saturated rings. The van der Waals surface area contributed by atoms with Crippen LogP contribution in [0, 0.1) is 6.92 Å². The standard InChI is InChI=1S/C18H12ClN3O2S/c1-10-20-14-8-13(6-7-16(14)24-10)21-17(23)15-9-25-18(22-15)11-2-4-12(19)5-3-11/h2-9H,1H3,(H,21,23). The van der Waals surface area contributed by atoms with E-state index in [-0.39, 0.29) is 5.91 Å². The van der Waals surface area contributed by atoms with Crippen molar-refractivity contribution in [2.45, 2.75) is 6.92 Å². The van der Waals surface area contributed by atoms with Gasteiger partial charge in [-0.15, -0.1) is 11.3 Å². The van der Waals surface area contributed by atoms with Crippen molar-refractivity contribution >= 4 is 45.6 Å². The van der Waals surface area contributed by atoms with Crippen molar-refractivity contribution in [1.29, 1.82) is 0 Å². The molecule has 0 bridgehead atoms. The molecule has 1 amide bonds. The Morgan fingerprint density at radius 1 is 1.16 bits per heavy atom. The molecule has 0 saturated carbocycles. The van der Waals surface area contributed by atoms with E-state index in [1.54, 1.807) is 42.6 Å². The first-order valence-corrected chi connectivity index (χ1v) is 8.74. The Morgan fingerprint density at radius 3 is 2.76 bits per heavy atom. The van der Waals surface area contributed by atoms with Crippen LogP contribution in [0.1, 0.15) is 16.4 Å². The van der Waals surface area contributed by atoms with E-state index >= 15 is 0 Å². The third-order valence-corrected chi connectivity index (χ3v) is 4.72. The normalized spacial score (nSPS) is 11.0. The van der Waals surface area contributed by atoms with Gasteiger partial charge in [-0.2, -0.15) is 0 Å². The molecule has 25 heavy (non-hydrogen) atoms. The molecule has 0 radical (unpaired) electrons. The van der Waals surface area contributed by atoms with E-state index in [1.165, 1.54) is 11.3 Å². The predicted octanol–water partition coefficient (Wildman–Crippen LogP) is 5.17. The predicted molar refractivity (Wildman–Crippen MR) is 99.3 cm³/mol. The fourth-order valence-electron chi connectivity index (χ4n) is 2.42. The van der Waals surface area contributed by atoms with Crippen molar-refractivity contribution in [1.82, 2.24) is 9.97 Å². The molecule has 2 aromatic carbocycles. The summed E-state index contributed by atoms with van der Waals surface area (Å²) in [4.78, 5) is 21.1. The maximum atomic E-state index is 12.4. The Morgan fingerprint density at radius 2 is 1.96 bits per heavy atom. The zero-order valence-corrected chi connectivity index (χ0v) is 14.7. The van der Waals surface area contributed by atoms with Crippen molar-refractivity contribution in [3.63, 3.8) is 0 Å². The van der Waals surface area contributed by atoms with Gasteiger partial charge >= 0.3 is 0 Å². The summed E-state index contributed by atoms with van der Waals surface area (Å²) in [6.45, 7) is 1.78. The molecular weight excluding hydrogens is 358 g/mol. The van der Waals surface area contributed by atoms with Gasteiger partial charge in [0.15, 0.2) is 11.5 Å². The number of thiazole rings is 1. The molecule has 124 valence electrons. The minimum Gasteiger partial charge on any atom is -0.441 e. The Labute approximate surface area is 152 Å². The second kappa shape index (κ2) is 6.31. The molecule has 0 atom stereocenters. The molecule has 0 aliphatic carbocycles. The number of benzene rings is 2. The van der Waals surface area contributed by atoms with Crippen LogP contribution in [-0.2, 0) is 0 Å². The highest BCUT2D eigenvalue weighted by molar-refractivity contribution is 7.13. The highest BCUT2D eigenvalue weighted by Crippen LogP contribution is 2.26. The average Bonchev–Trinajstić information content (AvgIpc) is 3.21. The fraction of sp³-hybridized carbons (Fsp3) is 0.0556. The summed E-state index contributed by atoms with van der Waals surface area (Å²) in [6, 6.07) is 12.7. The Kier molecular flexibility index (Phi) is 3.99. The van der Waals surface area contributed by atoms with E-state index in [0.29, 0.717) is 33.4 Å². The summed E-state index contributed by atoms with van der Waals surface area (Å²) in [5.41, 5.74) is 3.33. The number of nitrogens with zero attached hydrogens (tertiary/aromatic N) is 2. The van der Waals surface area contributed by atoms with Gasteiger partial charge in [-0.05, 0) is 30.3 Å². The number of hydrogen-bond acceptors (Lipinski definition) is 5. The van der Waals surface area contributed by atoms with E-state index in [4.69, 9.17) is 16.0 Å². The molecule has 7 heteroatoms.